The normalized spacial score (nSPS) is 11.8. The first-order valence-electron chi connectivity index (χ1n) is 7.72. The molecule has 0 saturated carbocycles. The van der Waals surface area contributed by atoms with Crippen molar-refractivity contribution in [3.8, 4) is 28.7 Å². The number of aromatic carboxylic acids is 1. The standard InChI is InChI=1S/C17H10F8O6/c1-28-13-6(16(20,21)22)5-9(10(12(13)19)15(26)27)30-8-4-3-7(31-17(23,24)25)11(18)14(8)29-2/h3-5H,1-2H3,(H,26,27). The molecule has 0 spiro atoms. The summed E-state index contributed by atoms with van der Waals surface area (Å²) in [7, 11) is 1.44. The molecule has 6 nitrogen and oxygen atoms in total. The molecule has 0 fully saturated rings. The van der Waals surface area contributed by atoms with Gasteiger partial charge in [0.25, 0.3) is 0 Å². The van der Waals surface area contributed by atoms with Gasteiger partial charge in [-0.05, 0) is 18.2 Å². The Morgan fingerprint density at radius 1 is 0.871 bits per heavy atom. The summed E-state index contributed by atoms with van der Waals surface area (Å²) >= 11 is 0. The van der Waals surface area contributed by atoms with Gasteiger partial charge in [0.2, 0.25) is 11.6 Å². The fourth-order valence-electron chi connectivity index (χ4n) is 2.41. The van der Waals surface area contributed by atoms with E-state index in [-0.39, 0.29) is 6.07 Å². The molecule has 0 radical (unpaired) electrons. The summed E-state index contributed by atoms with van der Waals surface area (Å²) in [6, 6.07) is 1.05. The Labute approximate surface area is 167 Å². The molecule has 0 heterocycles. The molecule has 1 N–H and O–H groups in total. The van der Waals surface area contributed by atoms with E-state index < -0.39 is 70.0 Å². The lowest BCUT2D eigenvalue weighted by Crippen LogP contribution is -2.18. The van der Waals surface area contributed by atoms with Gasteiger partial charge in [0, 0.05) is 0 Å². The molecular weight excluding hydrogens is 452 g/mol. The van der Waals surface area contributed by atoms with Gasteiger partial charge in [-0.15, -0.1) is 13.2 Å². The number of ether oxygens (including phenoxy) is 4. The predicted octanol–water partition coefficient (Wildman–Crippen LogP) is 5.39. The van der Waals surface area contributed by atoms with Crippen molar-refractivity contribution >= 4 is 5.97 Å². The molecule has 0 atom stereocenters. The molecule has 14 heteroatoms. The molecule has 0 aliphatic heterocycles. The molecule has 0 bridgehead atoms. The molecule has 2 aromatic carbocycles. The van der Waals surface area contributed by atoms with Crippen molar-refractivity contribution in [2.24, 2.45) is 0 Å². The Morgan fingerprint density at radius 2 is 1.42 bits per heavy atom. The molecule has 170 valence electrons. The van der Waals surface area contributed by atoms with Crippen molar-refractivity contribution in [1.82, 2.24) is 0 Å². The van der Waals surface area contributed by atoms with Gasteiger partial charge in [-0.3, -0.25) is 0 Å². The van der Waals surface area contributed by atoms with E-state index in [9.17, 15) is 45.0 Å². The first-order chi connectivity index (χ1) is 14.2. The summed E-state index contributed by atoms with van der Waals surface area (Å²) in [5.41, 5.74) is -3.17. The number of methoxy groups -OCH3 is 2. The van der Waals surface area contributed by atoms with E-state index in [1.54, 1.807) is 0 Å². The number of hydrogen-bond donors (Lipinski definition) is 1. The maximum atomic E-state index is 14.5. The van der Waals surface area contributed by atoms with E-state index in [1.807, 2.05) is 0 Å². The minimum absolute atomic E-state index is 0.0723. The van der Waals surface area contributed by atoms with E-state index in [2.05, 4.69) is 14.2 Å². The largest absolute Gasteiger partial charge is 0.573 e. The minimum atomic E-state index is -5.29. The molecule has 0 aliphatic rings. The van der Waals surface area contributed by atoms with Crippen molar-refractivity contribution in [2.45, 2.75) is 12.5 Å². The first kappa shape index (κ1) is 23.8. The second kappa shape index (κ2) is 8.35. The molecule has 31 heavy (non-hydrogen) atoms. The summed E-state index contributed by atoms with van der Waals surface area (Å²) in [4.78, 5) is 11.4. The number of carbonyl (C=O) groups is 1. The van der Waals surface area contributed by atoms with Crippen LogP contribution in [0.2, 0.25) is 0 Å². The van der Waals surface area contributed by atoms with Crippen LogP contribution in [0.15, 0.2) is 18.2 Å². The third-order valence-electron chi connectivity index (χ3n) is 3.58. The molecular formula is C17H10F8O6. The van der Waals surface area contributed by atoms with E-state index in [1.165, 1.54) is 0 Å². The maximum Gasteiger partial charge on any atom is 0.573 e. The van der Waals surface area contributed by atoms with Gasteiger partial charge in [-0.25, -0.2) is 9.18 Å². The van der Waals surface area contributed by atoms with Crippen LogP contribution in [0.4, 0.5) is 35.1 Å². The quantitative estimate of drug-likeness (QED) is 0.581. The van der Waals surface area contributed by atoms with Crippen molar-refractivity contribution in [1.29, 1.82) is 0 Å². The van der Waals surface area contributed by atoms with Crippen LogP contribution in [0.5, 0.6) is 28.7 Å². The lowest BCUT2D eigenvalue weighted by molar-refractivity contribution is -0.275. The van der Waals surface area contributed by atoms with Crippen LogP contribution < -0.4 is 18.9 Å². The smallest absolute Gasteiger partial charge is 0.493 e. The monoisotopic (exact) mass is 462 g/mol. The molecule has 0 saturated heterocycles. The number of alkyl halides is 6. The Balaban J connectivity index is 2.69. The van der Waals surface area contributed by atoms with E-state index in [0.717, 1.165) is 7.11 Å². The number of halogens is 8. The van der Waals surface area contributed by atoms with Gasteiger partial charge >= 0.3 is 18.5 Å². The highest BCUT2D eigenvalue weighted by atomic mass is 19.4. The van der Waals surface area contributed by atoms with Gasteiger partial charge in [0.05, 0.1) is 14.2 Å². The summed E-state index contributed by atoms with van der Waals surface area (Å²) in [5.74, 6) is -11.8. The number of hydrogen-bond acceptors (Lipinski definition) is 5. The average Bonchev–Trinajstić information content (AvgIpc) is 2.61. The number of rotatable bonds is 6. The highest BCUT2D eigenvalue weighted by Gasteiger charge is 2.40. The lowest BCUT2D eigenvalue weighted by atomic mass is 10.1. The molecule has 0 unspecified atom stereocenters. The van der Waals surface area contributed by atoms with Crippen LogP contribution in [-0.4, -0.2) is 31.7 Å². The number of carboxylic acids is 1. The van der Waals surface area contributed by atoms with Gasteiger partial charge in [0.15, 0.2) is 23.1 Å². The summed E-state index contributed by atoms with van der Waals surface area (Å²) in [6.07, 6.45) is -10.5. The Bertz CT molecular complexity index is 1000. The van der Waals surface area contributed by atoms with E-state index in [0.29, 0.717) is 19.2 Å². The molecule has 0 amide bonds. The first-order valence-corrected chi connectivity index (χ1v) is 7.72. The third kappa shape index (κ3) is 5.00. The van der Waals surface area contributed by atoms with Gasteiger partial charge in [0.1, 0.15) is 16.9 Å². The Hall–Kier alpha value is -3.45. The zero-order chi connectivity index (χ0) is 23.7. The summed E-state index contributed by atoms with van der Waals surface area (Å²) < 4.78 is 123. The van der Waals surface area contributed by atoms with Crippen molar-refractivity contribution in [2.75, 3.05) is 14.2 Å². The number of carboxylic acid groups (broad SMARTS) is 1. The zero-order valence-electron chi connectivity index (χ0n) is 15.2. The zero-order valence-corrected chi connectivity index (χ0v) is 15.2. The molecule has 0 aromatic heterocycles. The topological polar surface area (TPSA) is 74.2 Å². The predicted molar refractivity (Wildman–Crippen MR) is 84.6 cm³/mol. The maximum absolute atomic E-state index is 14.5. The van der Waals surface area contributed by atoms with Gasteiger partial charge < -0.3 is 24.1 Å². The third-order valence-corrected chi connectivity index (χ3v) is 3.58. The summed E-state index contributed by atoms with van der Waals surface area (Å²) in [6.45, 7) is 0. The van der Waals surface area contributed by atoms with Crippen LogP contribution in [0.1, 0.15) is 15.9 Å². The highest BCUT2D eigenvalue weighted by Crippen LogP contribution is 2.45. The van der Waals surface area contributed by atoms with Crippen LogP contribution in [0, 0.1) is 11.6 Å². The fraction of sp³-hybridized carbons (Fsp3) is 0.235. The fourth-order valence-corrected chi connectivity index (χ4v) is 2.41. The Morgan fingerprint density at radius 3 is 1.87 bits per heavy atom. The average molecular weight is 462 g/mol. The van der Waals surface area contributed by atoms with Gasteiger partial charge in [-0.2, -0.15) is 17.6 Å². The van der Waals surface area contributed by atoms with Crippen LogP contribution in [-0.2, 0) is 6.18 Å². The number of benzene rings is 2. The van der Waals surface area contributed by atoms with Crippen molar-refractivity contribution in [3.05, 3.63) is 41.0 Å². The van der Waals surface area contributed by atoms with Crippen LogP contribution >= 0.6 is 0 Å². The lowest BCUT2D eigenvalue weighted by Gasteiger charge is -2.19. The van der Waals surface area contributed by atoms with E-state index >= 15 is 0 Å². The van der Waals surface area contributed by atoms with E-state index in [4.69, 9.17) is 4.74 Å². The molecule has 2 rings (SSSR count). The SMILES string of the molecule is COc1c(Oc2cc(C(F)(F)F)c(OC)c(F)c2C(=O)O)ccc(OC(F)(F)F)c1F. The van der Waals surface area contributed by atoms with Gasteiger partial charge in [-0.1, -0.05) is 0 Å². The summed E-state index contributed by atoms with van der Waals surface area (Å²) in [5, 5.41) is 9.18. The second-order valence-corrected chi connectivity index (χ2v) is 5.51. The van der Waals surface area contributed by atoms with Crippen LogP contribution in [0.25, 0.3) is 0 Å². The molecule has 0 aliphatic carbocycles. The molecule has 2 aromatic rings. The minimum Gasteiger partial charge on any atom is -0.493 e. The van der Waals surface area contributed by atoms with Crippen LogP contribution in [0.3, 0.4) is 0 Å². The highest BCUT2D eigenvalue weighted by molar-refractivity contribution is 5.92. The second-order valence-electron chi connectivity index (χ2n) is 5.51. The Kier molecular flexibility index (Phi) is 6.42. The van der Waals surface area contributed by atoms with Crippen molar-refractivity contribution < 1.29 is 64.0 Å². The van der Waals surface area contributed by atoms with Crippen molar-refractivity contribution in [3.63, 3.8) is 0 Å².